The summed E-state index contributed by atoms with van der Waals surface area (Å²) in [6.45, 7) is 6.16. The summed E-state index contributed by atoms with van der Waals surface area (Å²) in [5.41, 5.74) is 1.90. The van der Waals surface area contributed by atoms with Gasteiger partial charge in [-0.05, 0) is 63.1 Å². The van der Waals surface area contributed by atoms with Crippen molar-refractivity contribution in [1.29, 1.82) is 0 Å². The Labute approximate surface area is 194 Å². The monoisotopic (exact) mass is 484 g/mol. The van der Waals surface area contributed by atoms with Gasteiger partial charge in [0.1, 0.15) is 10.8 Å². The predicted molar refractivity (Wildman–Crippen MR) is 130 cm³/mol. The van der Waals surface area contributed by atoms with Crippen molar-refractivity contribution in [1.82, 2.24) is 14.9 Å². The largest absolute Gasteiger partial charge is 0.494 e. The van der Waals surface area contributed by atoms with Crippen molar-refractivity contribution in [3.05, 3.63) is 34.7 Å². The van der Waals surface area contributed by atoms with Crippen LogP contribution in [0.5, 0.6) is 5.75 Å². The Balaban J connectivity index is 1.40. The van der Waals surface area contributed by atoms with Crippen molar-refractivity contribution in [3.63, 3.8) is 0 Å². The van der Waals surface area contributed by atoms with Gasteiger partial charge < -0.3 is 19.8 Å². The van der Waals surface area contributed by atoms with Crippen molar-refractivity contribution in [2.24, 2.45) is 0 Å². The smallest absolute Gasteiger partial charge is 0.224 e. The molecule has 10 heteroatoms. The second-order valence-electron chi connectivity index (χ2n) is 8.39. The Hall–Kier alpha value is -1.37. The molecule has 0 bridgehead atoms. The Bertz CT molecular complexity index is 915. The maximum atomic E-state index is 10.3. The van der Waals surface area contributed by atoms with E-state index in [1.807, 2.05) is 12.1 Å². The molecule has 0 saturated carbocycles. The molecule has 0 spiro atoms. The number of rotatable bonds is 5. The molecule has 1 radical (unpaired) electrons. The summed E-state index contributed by atoms with van der Waals surface area (Å²) < 4.78 is 5.62. The topological polar surface area (TPSA) is 73.8 Å². The third-order valence-electron chi connectivity index (χ3n) is 6.24. The molecule has 7 nitrogen and oxygen atoms in total. The lowest BCUT2D eigenvalue weighted by atomic mass is 10.0. The van der Waals surface area contributed by atoms with Gasteiger partial charge in [0.25, 0.3) is 0 Å². The average molecular weight is 485 g/mol. The molecule has 4 rings (SSSR count). The molecule has 2 fully saturated rings. The van der Waals surface area contributed by atoms with Crippen LogP contribution in [0, 0.1) is 0 Å². The zero-order valence-corrected chi connectivity index (χ0v) is 20.3. The Morgan fingerprint density at radius 3 is 2.55 bits per heavy atom. The summed E-state index contributed by atoms with van der Waals surface area (Å²) >= 11 is 12.1. The summed E-state index contributed by atoms with van der Waals surface area (Å²) in [6.07, 6.45) is 5.69. The third kappa shape index (κ3) is 5.52. The number of nitrogens with zero attached hydrogens (tertiary/aromatic N) is 4. The molecule has 0 atom stereocenters. The predicted octanol–water partition coefficient (Wildman–Crippen LogP) is 4.37. The van der Waals surface area contributed by atoms with E-state index in [9.17, 15) is 4.89 Å². The fraction of sp³-hybridized carbons (Fsp3) is 0.524. The normalized spacial score (nSPS) is 20.0. The van der Waals surface area contributed by atoms with Crippen LogP contribution in [0.3, 0.4) is 0 Å². The van der Waals surface area contributed by atoms with Crippen LogP contribution >= 0.6 is 30.7 Å². The molecule has 0 aliphatic carbocycles. The molecule has 31 heavy (non-hydrogen) atoms. The van der Waals surface area contributed by atoms with Crippen LogP contribution in [0.15, 0.2) is 24.4 Å². The van der Waals surface area contributed by atoms with Gasteiger partial charge in [0.15, 0.2) is 5.82 Å². The number of nitrogens with one attached hydrogen (secondary N) is 1. The summed E-state index contributed by atoms with van der Waals surface area (Å²) in [7, 11) is 0.0260. The molecule has 2 N–H and O–H groups in total. The number of hydrogen-bond acceptors (Lipinski definition) is 7. The number of piperidine rings is 1. The van der Waals surface area contributed by atoms with E-state index < -0.39 is 7.49 Å². The van der Waals surface area contributed by atoms with E-state index >= 15 is 0 Å². The minimum absolute atomic E-state index is 0.129. The molecule has 2 saturated heterocycles. The highest BCUT2D eigenvalue weighted by Crippen LogP contribution is 2.52. The summed E-state index contributed by atoms with van der Waals surface area (Å²) in [4.78, 5) is 23.3. The van der Waals surface area contributed by atoms with E-state index in [1.54, 1.807) is 7.11 Å². The highest BCUT2D eigenvalue weighted by molar-refractivity contribution is 7.69. The van der Waals surface area contributed by atoms with E-state index in [0.717, 1.165) is 62.7 Å². The number of halogens is 2. The van der Waals surface area contributed by atoms with E-state index in [4.69, 9.17) is 27.9 Å². The summed E-state index contributed by atoms with van der Waals surface area (Å²) in [6, 6.07) is 6.72. The van der Waals surface area contributed by atoms with Gasteiger partial charge in [-0.3, -0.25) is 4.90 Å². The first-order valence-corrected chi connectivity index (χ1v) is 13.9. The first-order valence-electron chi connectivity index (χ1n) is 10.5. The van der Waals surface area contributed by atoms with E-state index in [1.165, 1.54) is 6.20 Å². The van der Waals surface area contributed by atoms with Crippen LogP contribution in [0.4, 0.5) is 17.2 Å². The van der Waals surface area contributed by atoms with Crippen molar-refractivity contribution < 1.29 is 9.63 Å². The van der Waals surface area contributed by atoms with E-state index in [0.29, 0.717) is 22.6 Å². The van der Waals surface area contributed by atoms with Gasteiger partial charge in [0, 0.05) is 44.0 Å². The highest BCUT2D eigenvalue weighted by atomic mass is 35.5. The van der Waals surface area contributed by atoms with Crippen molar-refractivity contribution in [2.45, 2.75) is 18.9 Å². The number of hydrogen-bond donors (Lipinski definition) is 2. The van der Waals surface area contributed by atoms with Crippen molar-refractivity contribution >= 4 is 47.9 Å². The molecule has 2 aliphatic rings. The Kier molecular flexibility index (Phi) is 7.09. The van der Waals surface area contributed by atoms with Crippen LogP contribution in [0.25, 0.3) is 0 Å². The van der Waals surface area contributed by atoms with Gasteiger partial charge in [0.2, 0.25) is 5.28 Å². The zero-order valence-electron chi connectivity index (χ0n) is 17.9. The number of ether oxygens (including phenoxy) is 1. The molecule has 0 amide bonds. The Morgan fingerprint density at radius 1 is 1.16 bits per heavy atom. The second kappa shape index (κ2) is 9.63. The van der Waals surface area contributed by atoms with Crippen molar-refractivity contribution in [2.75, 3.05) is 62.5 Å². The van der Waals surface area contributed by atoms with Gasteiger partial charge in [-0.15, -0.1) is 0 Å². The minimum Gasteiger partial charge on any atom is -0.494 e. The van der Waals surface area contributed by atoms with Crippen LogP contribution < -0.4 is 15.0 Å². The fourth-order valence-corrected chi connectivity index (χ4v) is 6.18. The number of benzene rings is 1. The molecule has 0 unspecified atom stereocenters. The van der Waals surface area contributed by atoms with Gasteiger partial charge in [-0.2, -0.15) is 4.98 Å². The minimum atomic E-state index is -1.63. The number of methoxy groups -OCH3 is 1. The fourth-order valence-electron chi connectivity index (χ4n) is 4.31. The van der Waals surface area contributed by atoms with Gasteiger partial charge in [-0.1, -0.05) is 11.6 Å². The molecule has 1 aromatic heterocycles. The quantitative estimate of drug-likeness (QED) is 0.481. The summed E-state index contributed by atoms with van der Waals surface area (Å²) in [5.74, 6) is 1.16. The maximum Gasteiger partial charge on any atom is 0.224 e. The Morgan fingerprint density at radius 2 is 1.87 bits per heavy atom. The van der Waals surface area contributed by atoms with Crippen molar-refractivity contribution in [3.8, 4) is 5.75 Å². The lowest BCUT2D eigenvalue weighted by Crippen LogP contribution is -2.49. The van der Waals surface area contributed by atoms with Crippen LogP contribution in [-0.4, -0.2) is 78.1 Å². The van der Waals surface area contributed by atoms with E-state index in [2.05, 4.69) is 37.8 Å². The van der Waals surface area contributed by atoms with Crippen LogP contribution in [0.2, 0.25) is 10.3 Å². The number of aromatic nitrogens is 2. The standard InChI is InChI=1S/C21H29Cl2N5O2P/c1-30-19-13-16(3-4-18(19)25-20-17(22)14-24-21(23)26-20)27-7-5-15(6-8-27)28-9-11-31(2,29)12-10-28/h3-4,13-15,29H,5-12H2,1-2H3,(H,24,25,26). The lowest BCUT2D eigenvalue weighted by molar-refractivity contribution is 0.180. The van der Waals surface area contributed by atoms with Gasteiger partial charge >= 0.3 is 0 Å². The SMILES string of the molecule is COc1cc(N2CCC(N3CC[P](C)(O)CC3)CC2)ccc1Nc1nc(Cl)ncc1Cl. The molecular weight excluding hydrogens is 456 g/mol. The molecule has 2 aromatic rings. The van der Waals surface area contributed by atoms with Gasteiger partial charge in [-0.25, -0.2) is 4.98 Å². The first kappa shape index (κ1) is 22.8. The lowest BCUT2D eigenvalue weighted by Gasteiger charge is -2.44. The number of anilines is 3. The third-order valence-corrected chi connectivity index (χ3v) is 9.02. The van der Waals surface area contributed by atoms with Crippen LogP contribution in [-0.2, 0) is 0 Å². The van der Waals surface area contributed by atoms with Gasteiger partial charge in [0.05, 0.1) is 19.0 Å². The molecular formula is C21H29Cl2N5O2P. The average Bonchev–Trinajstić information content (AvgIpc) is 2.77. The molecule has 1 aromatic carbocycles. The highest BCUT2D eigenvalue weighted by Gasteiger charge is 2.31. The molecule has 169 valence electrons. The second-order valence-corrected chi connectivity index (χ2v) is 12.7. The summed E-state index contributed by atoms with van der Waals surface area (Å²) in [5, 5.41) is 3.70. The maximum absolute atomic E-state index is 10.3. The molecule has 2 aliphatic heterocycles. The van der Waals surface area contributed by atoms with E-state index in [-0.39, 0.29) is 5.28 Å². The zero-order chi connectivity index (χ0) is 22.0. The molecule has 3 heterocycles. The van der Waals surface area contributed by atoms with Crippen LogP contribution in [0.1, 0.15) is 12.8 Å². The first-order chi connectivity index (χ1) is 14.8.